The van der Waals surface area contributed by atoms with Crippen LogP contribution in [-0.2, 0) is 18.9 Å². The van der Waals surface area contributed by atoms with Crippen LogP contribution in [0, 0.1) is 11.3 Å². The Bertz CT molecular complexity index is 996. The van der Waals surface area contributed by atoms with E-state index >= 15 is 0 Å². The molecule has 2 aromatic rings. The molecule has 168 valence electrons. The molecule has 0 fully saturated rings. The Balaban J connectivity index is 0.00000480. The maximum absolute atomic E-state index is 12.7. The van der Waals surface area contributed by atoms with Crippen molar-refractivity contribution in [2.45, 2.75) is 6.42 Å². The number of nitrogens with one attached hydrogen (secondary N) is 3. The van der Waals surface area contributed by atoms with Gasteiger partial charge in [0.05, 0.1) is 45.0 Å². The van der Waals surface area contributed by atoms with E-state index in [0.29, 0.717) is 33.8 Å². The number of carbonyl (C=O) groups excluding carboxylic acids is 3. The molecule has 0 saturated carbocycles. The molecule has 0 radical (unpaired) electrons. The number of amides is 3. The summed E-state index contributed by atoms with van der Waals surface area (Å²) in [5.74, 6) is -0.837. The fourth-order valence-corrected chi connectivity index (χ4v) is 2.87. The summed E-state index contributed by atoms with van der Waals surface area (Å²) in [4.78, 5) is 37.0. The first-order chi connectivity index (χ1) is 14.0. The fourth-order valence-electron chi connectivity index (χ4n) is 2.87. The third-order valence-electron chi connectivity index (χ3n) is 4.16. The van der Waals surface area contributed by atoms with Gasteiger partial charge in [0.15, 0.2) is 6.54 Å². The van der Waals surface area contributed by atoms with E-state index in [2.05, 4.69) is 16.0 Å². The van der Waals surface area contributed by atoms with E-state index in [0.717, 1.165) is 0 Å². The third kappa shape index (κ3) is 7.47. The van der Waals surface area contributed by atoms with Crippen molar-refractivity contribution in [1.82, 2.24) is 14.5 Å². The van der Waals surface area contributed by atoms with Crippen LogP contribution in [0.4, 0.5) is 11.4 Å². The first kappa shape index (κ1) is 25.7. The molecular formula is C20H28ClN7O3. The van der Waals surface area contributed by atoms with E-state index in [1.54, 1.807) is 47.8 Å². The van der Waals surface area contributed by atoms with Crippen LogP contribution in [0.15, 0.2) is 24.5 Å². The normalized spacial score (nSPS) is 10.6. The summed E-state index contributed by atoms with van der Waals surface area (Å²) in [6.07, 6.45) is 3.52. The zero-order valence-corrected chi connectivity index (χ0v) is 19.1. The summed E-state index contributed by atoms with van der Waals surface area (Å²) in [6.45, 7) is 0.563. The Morgan fingerprint density at radius 3 is 2.00 bits per heavy atom. The van der Waals surface area contributed by atoms with Crippen LogP contribution >= 0.6 is 0 Å². The number of anilines is 2. The number of quaternary nitrogens is 1. The molecule has 2 rings (SSSR count). The van der Waals surface area contributed by atoms with Crippen molar-refractivity contribution in [2.24, 2.45) is 14.1 Å². The van der Waals surface area contributed by atoms with Gasteiger partial charge < -0.3 is 42.0 Å². The summed E-state index contributed by atoms with van der Waals surface area (Å²) in [7, 11) is 9.16. The van der Waals surface area contributed by atoms with Crippen LogP contribution in [-0.4, -0.2) is 65.6 Å². The Hall–Kier alpha value is -3.29. The lowest BCUT2D eigenvalue weighted by Crippen LogP contribution is -3.00. The van der Waals surface area contributed by atoms with Crippen LogP contribution in [0.3, 0.4) is 0 Å². The van der Waals surface area contributed by atoms with Crippen molar-refractivity contribution in [3.63, 3.8) is 0 Å². The minimum atomic E-state index is -0.369. The van der Waals surface area contributed by atoms with Crippen molar-refractivity contribution in [1.29, 1.82) is 5.26 Å². The van der Waals surface area contributed by atoms with Crippen molar-refractivity contribution in [3.8, 4) is 6.07 Å². The van der Waals surface area contributed by atoms with Crippen molar-refractivity contribution >= 4 is 29.1 Å². The molecule has 0 spiro atoms. The Morgan fingerprint density at radius 2 is 1.48 bits per heavy atom. The number of nitrogens with zero attached hydrogens (tertiary/aromatic N) is 4. The van der Waals surface area contributed by atoms with E-state index < -0.39 is 0 Å². The second kappa shape index (κ2) is 10.7. The van der Waals surface area contributed by atoms with Gasteiger partial charge in [-0.15, -0.1) is 0 Å². The van der Waals surface area contributed by atoms with Gasteiger partial charge in [0, 0.05) is 33.0 Å². The van der Waals surface area contributed by atoms with Gasteiger partial charge >= 0.3 is 0 Å². The van der Waals surface area contributed by atoms with E-state index in [1.807, 2.05) is 27.2 Å². The molecule has 3 N–H and O–H groups in total. The van der Waals surface area contributed by atoms with Gasteiger partial charge in [-0.25, -0.2) is 0 Å². The monoisotopic (exact) mass is 449 g/mol. The number of likely N-dealkylation sites (N-methyl/N-ethyl adjacent to an activating group) is 1. The van der Waals surface area contributed by atoms with Crippen LogP contribution < -0.4 is 28.4 Å². The Morgan fingerprint density at radius 1 is 0.968 bits per heavy atom. The molecule has 2 aromatic heterocycles. The zero-order valence-electron chi connectivity index (χ0n) is 18.3. The second-order valence-electron chi connectivity index (χ2n) is 8.06. The molecule has 0 saturated heterocycles. The van der Waals surface area contributed by atoms with E-state index in [1.165, 1.54) is 0 Å². The zero-order chi connectivity index (χ0) is 22.5. The number of hydrogen-bond acceptors (Lipinski definition) is 4. The molecular weight excluding hydrogens is 422 g/mol. The first-order valence-corrected chi connectivity index (χ1v) is 9.39. The lowest BCUT2D eigenvalue weighted by Gasteiger charge is -2.22. The highest BCUT2D eigenvalue weighted by molar-refractivity contribution is 6.05. The summed E-state index contributed by atoms with van der Waals surface area (Å²) in [5.41, 5.74) is 1.72. The van der Waals surface area contributed by atoms with Gasteiger partial charge in [-0.05, 0) is 12.1 Å². The molecule has 0 aliphatic rings. The van der Waals surface area contributed by atoms with Crippen LogP contribution in [0.1, 0.15) is 27.4 Å². The van der Waals surface area contributed by atoms with E-state index in [9.17, 15) is 14.4 Å². The van der Waals surface area contributed by atoms with E-state index in [-0.39, 0.29) is 43.1 Å². The minimum Gasteiger partial charge on any atom is -1.00 e. The molecule has 0 aliphatic heterocycles. The van der Waals surface area contributed by atoms with Crippen molar-refractivity contribution in [3.05, 3.63) is 35.9 Å². The number of aryl methyl sites for hydroxylation is 2. The summed E-state index contributed by atoms with van der Waals surface area (Å²) < 4.78 is 3.71. The van der Waals surface area contributed by atoms with Crippen LogP contribution in [0.25, 0.3) is 0 Å². The number of hydrogen-bond donors (Lipinski definition) is 3. The topological polar surface area (TPSA) is 121 Å². The molecule has 0 bridgehead atoms. The summed E-state index contributed by atoms with van der Waals surface area (Å²) >= 11 is 0. The fraction of sp³-hybridized carbons (Fsp3) is 0.400. The summed E-state index contributed by atoms with van der Waals surface area (Å²) in [5, 5.41) is 16.8. The van der Waals surface area contributed by atoms with Gasteiger partial charge in [0.2, 0.25) is 0 Å². The first-order valence-electron chi connectivity index (χ1n) is 9.39. The highest BCUT2D eigenvalue weighted by Gasteiger charge is 2.18. The predicted molar refractivity (Wildman–Crippen MR) is 113 cm³/mol. The van der Waals surface area contributed by atoms with Crippen molar-refractivity contribution < 1.29 is 31.3 Å². The number of nitriles is 1. The lowest BCUT2D eigenvalue weighted by molar-refractivity contribution is -0.861. The molecule has 0 atom stereocenters. The molecule has 0 aromatic carbocycles. The molecule has 0 aliphatic carbocycles. The standard InChI is InChI=1S/C20H27N7O3.ClH/c1-25-12-15(10-16(25)19(29)22-8-6-7-21)24-20(30)17-9-14(11-26(17)2)23-18(28)13-27(3,4)5;/h9-12H,6,8,13H2,1-5H3,(H2-,22,23,24,28,29,30);1H. The average molecular weight is 450 g/mol. The van der Waals surface area contributed by atoms with Gasteiger partial charge in [0.25, 0.3) is 17.7 Å². The quantitative estimate of drug-likeness (QED) is 0.316. The van der Waals surface area contributed by atoms with Gasteiger partial charge in [-0.2, -0.15) is 5.26 Å². The van der Waals surface area contributed by atoms with Crippen molar-refractivity contribution in [2.75, 3.05) is 44.9 Å². The predicted octanol–water partition coefficient (Wildman–Crippen LogP) is -2.09. The SMILES string of the molecule is Cn1cc(NC(=O)c2cc(NC(=O)C[N+](C)(C)C)cn2C)cc1C(=O)NCCC#N.[Cl-]. The summed E-state index contributed by atoms with van der Waals surface area (Å²) in [6, 6.07) is 5.12. The number of rotatable bonds is 8. The third-order valence-corrected chi connectivity index (χ3v) is 4.16. The molecule has 11 heteroatoms. The number of halogens is 1. The van der Waals surface area contributed by atoms with Crippen LogP contribution in [0.5, 0.6) is 0 Å². The molecule has 2 heterocycles. The lowest BCUT2D eigenvalue weighted by atomic mass is 10.3. The number of aromatic nitrogens is 2. The molecule has 3 amide bonds. The Kier molecular flexibility index (Phi) is 8.85. The second-order valence-corrected chi connectivity index (χ2v) is 8.06. The van der Waals surface area contributed by atoms with Gasteiger partial charge in [-0.3, -0.25) is 14.4 Å². The maximum Gasteiger partial charge on any atom is 0.279 e. The van der Waals surface area contributed by atoms with Gasteiger partial charge in [0.1, 0.15) is 11.4 Å². The maximum atomic E-state index is 12.7. The molecule has 10 nitrogen and oxygen atoms in total. The highest BCUT2D eigenvalue weighted by atomic mass is 35.5. The number of carbonyl (C=O) groups is 3. The molecule has 0 unspecified atom stereocenters. The average Bonchev–Trinajstić information content (AvgIpc) is 3.15. The van der Waals surface area contributed by atoms with Crippen LogP contribution in [0.2, 0.25) is 0 Å². The Labute approximate surface area is 187 Å². The van der Waals surface area contributed by atoms with E-state index in [4.69, 9.17) is 5.26 Å². The minimum absolute atomic E-state index is 0. The highest BCUT2D eigenvalue weighted by Crippen LogP contribution is 2.17. The molecule has 31 heavy (non-hydrogen) atoms. The largest absolute Gasteiger partial charge is 1.00 e. The smallest absolute Gasteiger partial charge is 0.279 e. The van der Waals surface area contributed by atoms with Gasteiger partial charge in [-0.1, -0.05) is 0 Å².